The predicted molar refractivity (Wildman–Crippen MR) is 144 cm³/mol. The van der Waals surface area contributed by atoms with E-state index >= 15 is 0 Å². The first-order valence-corrected chi connectivity index (χ1v) is 13.3. The van der Waals surface area contributed by atoms with Crippen LogP contribution in [0.4, 0.5) is 10.2 Å². The van der Waals surface area contributed by atoms with E-state index in [9.17, 15) is 14.0 Å². The molecule has 0 fully saturated rings. The fourth-order valence-electron chi connectivity index (χ4n) is 4.95. The summed E-state index contributed by atoms with van der Waals surface area (Å²) in [4.78, 5) is 30.1. The molecule has 6 nitrogen and oxygen atoms in total. The van der Waals surface area contributed by atoms with Gasteiger partial charge in [0.1, 0.15) is 17.7 Å². The zero-order valence-electron chi connectivity index (χ0n) is 20.8. The number of nitrogens with one attached hydrogen (secondary N) is 1. The minimum absolute atomic E-state index is 0.240. The molecule has 0 spiro atoms. The van der Waals surface area contributed by atoms with Gasteiger partial charge in [-0.25, -0.2) is 9.07 Å². The second-order valence-corrected chi connectivity index (χ2v) is 9.74. The van der Waals surface area contributed by atoms with E-state index in [2.05, 4.69) is 5.32 Å². The van der Waals surface area contributed by atoms with Gasteiger partial charge in [-0.15, -0.1) is 11.8 Å². The minimum atomic E-state index is -0.893. The molecule has 1 unspecified atom stereocenters. The Morgan fingerprint density at radius 1 is 1.05 bits per heavy atom. The number of aromatic nitrogens is 2. The molecular formula is C29H27FN4O2S. The first kappa shape index (κ1) is 24.8. The number of likely N-dealkylation sites (N-methyl/N-ethyl adjacent to an activating group) is 1. The molecule has 0 saturated heterocycles. The molecule has 2 heterocycles. The van der Waals surface area contributed by atoms with Crippen LogP contribution in [0.15, 0.2) is 83.8 Å². The molecule has 4 aromatic rings. The highest BCUT2D eigenvalue weighted by Crippen LogP contribution is 2.43. The number of halogens is 1. The Bertz CT molecular complexity index is 1450. The van der Waals surface area contributed by atoms with Crippen LogP contribution in [0.25, 0.3) is 5.69 Å². The van der Waals surface area contributed by atoms with Gasteiger partial charge in [-0.1, -0.05) is 36.4 Å². The van der Waals surface area contributed by atoms with Crippen LogP contribution < -0.4 is 10.2 Å². The van der Waals surface area contributed by atoms with Crippen molar-refractivity contribution in [2.24, 2.45) is 0 Å². The van der Waals surface area contributed by atoms with Crippen LogP contribution in [0, 0.1) is 12.7 Å². The summed E-state index contributed by atoms with van der Waals surface area (Å²) in [6.45, 7) is 4.20. The average molecular weight is 515 g/mol. The maximum Gasteiger partial charge on any atom is 0.251 e. The number of carbonyl (C=O) groups excluding carboxylic acids is 2. The Kier molecular flexibility index (Phi) is 6.84. The van der Waals surface area contributed by atoms with Crippen LogP contribution in [0.5, 0.6) is 0 Å². The normalized spacial score (nSPS) is 17.0. The molecule has 1 N–H and O–H groups in total. The highest BCUT2D eigenvalue weighted by atomic mass is 32.2. The van der Waals surface area contributed by atoms with Gasteiger partial charge in [0.25, 0.3) is 11.8 Å². The van der Waals surface area contributed by atoms with Crippen molar-refractivity contribution in [2.75, 3.05) is 17.7 Å². The molecule has 37 heavy (non-hydrogen) atoms. The highest BCUT2D eigenvalue weighted by molar-refractivity contribution is 7.98. The number of aryl methyl sites for hydroxylation is 1. The number of nitrogens with zero attached hydrogens (tertiary/aromatic N) is 3. The van der Waals surface area contributed by atoms with Crippen molar-refractivity contribution in [3.63, 3.8) is 0 Å². The summed E-state index contributed by atoms with van der Waals surface area (Å²) in [6, 6.07) is 22.1. The number of rotatable bonds is 6. The lowest BCUT2D eigenvalue weighted by Gasteiger charge is -2.38. The van der Waals surface area contributed by atoms with Gasteiger partial charge in [0.05, 0.1) is 11.4 Å². The van der Waals surface area contributed by atoms with Crippen LogP contribution in [0.2, 0.25) is 0 Å². The van der Waals surface area contributed by atoms with Crippen molar-refractivity contribution in [1.82, 2.24) is 15.1 Å². The van der Waals surface area contributed by atoms with Crippen LogP contribution in [-0.2, 0) is 4.79 Å². The molecule has 1 aromatic heterocycles. The molecule has 0 radical (unpaired) electrons. The zero-order valence-corrected chi connectivity index (χ0v) is 21.6. The van der Waals surface area contributed by atoms with Crippen LogP contribution in [-0.4, -0.2) is 40.4 Å². The Hall–Kier alpha value is -3.91. The minimum Gasteiger partial charge on any atom is -0.339 e. The summed E-state index contributed by atoms with van der Waals surface area (Å²) in [7, 11) is 0. The largest absolute Gasteiger partial charge is 0.339 e. The lowest BCUT2D eigenvalue weighted by Crippen LogP contribution is -2.55. The monoisotopic (exact) mass is 514 g/mol. The van der Waals surface area contributed by atoms with Gasteiger partial charge in [0, 0.05) is 28.5 Å². The molecule has 188 valence electrons. The molecule has 2 amide bonds. The maximum absolute atomic E-state index is 14.0. The summed E-state index contributed by atoms with van der Waals surface area (Å²) in [5, 5.41) is 7.83. The zero-order chi connectivity index (χ0) is 26.1. The van der Waals surface area contributed by atoms with Crippen molar-refractivity contribution in [3.05, 3.63) is 107 Å². The number of anilines is 1. The maximum atomic E-state index is 14.0. The van der Waals surface area contributed by atoms with Crippen LogP contribution in [0.3, 0.4) is 0 Å². The topological polar surface area (TPSA) is 67.2 Å². The molecule has 5 rings (SSSR count). The summed E-state index contributed by atoms with van der Waals surface area (Å²) >= 11 is 1.54. The summed E-state index contributed by atoms with van der Waals surface area (Å²) in [5.41, 5.74) is 3.60. The van der Waals surface area contributed by atoms with Gasteiger partial charge < -0.3 is 5.32 Å². The van der Waals surface area contributed by atoms with E-state index in [0.29, 0.717) is 17.9 Å². The van der Waals surface area contributed by atoms with E-state index in [4.69, 9.17) is 5.10 Å². The molecule has 1 aliphatic heterocycles. The first-order chi connectivity index (χ1) is 17.9. The number of hydrogen-bond acceptors (Lipinski definition) is 4. The number of fused-ring (bicyclic) bond motifs is 1. The SMILES string of the molecule is CCN1C(=O)C(NC(=O)c2cccc(SC)c2)[C@@H](c2ccc(F)cc2)c2c(C)nn(-c3ccccc3)c21. The highest BCUT2D eigenvalue weighted by Gasteiger charge is 2.45. The van der Waals surface area contributed by atoms with Gasteiger partial charge in [-0.05, 0) is 68.1 Å². The third-order valence-electron chi connectivity index (χ3n) is 6.68. The second kappa shape index (κ2) is 10.2. The molecule has 0 bridgehead atoms. The van der Waals surface area contributed by atoms with E-state index in [0.717, 1.165) is 27.4 Å². The number of para-hydroxylation sites is 1. The van der Waals surface area contributed by atoms with Crippen LogP contribution in [0.1, 0.15) is 40.0 Å². The van der Waals surface area contributed by atoms with Crippen molar-refractivity contribution in [2.45, 2.75) is 30.7 Å². The number of thioether (sulfide) groups is 1. The van der Waals surface area contributed by atoms with E-state index < -0.39 is 12.0 Å². The Morgan fingerprint density at radius 3 is 2.46 bits per heavy atom. The molecule has 2 atom stereocenters. The van der Waals surface area contributed by atoms with E-state index in [1.54, 1.807) is 39.5 Å². The molecular weight excluding hydrogens is 487 g/mol. The fourth-order valence-corrected chi connectivity index (χ4v) is 5.41. The summed E-state index contributed by atoms with van der Waals surface area (Å²) in [6.07, 6.45) is 1.94. The van der Waals surface area contributed by atoms with E-state index in [-0.39, 0.29) is 17.6 Å². The number of hydrogen-bond donors (Lipinski definition) is 1. The molecule has 3 aromatic carbocycles. The van der Waals surface area contributed by atoms with Gasteiger partial charge >= 0.3 is 0 Å². The van der Waals surface area contributed by atoms with Gasteiger partial charge in [-0.2, -0.15) is 5.10 Å². The van der Waals surface area contributed by atoms with Crippen LogP contribution >= 0.6 is 11.8 Å². The number of carbonyl (C=O) groups is 2. The first-order valence-electron chi connectivity index (χ1n) is 12.1. The molecule has 8 heteroatoms. The van der Waals surface area contributed by atoms with Gasteiger partial charge in [0.2, 0.25) is 0 Å². The molecule has 0 aliphatic carbocycles. The summed E-state index contributed by atoms with van der Waals surface area (Å²) in [5.74, 6) is -0.825. The summed E-state index contributed by atoms with van der Waals surface area (Å²) < 4.78 is 15.7. The second-order valence-electron chi connectivity index (χ2n) is 8.86. The lowest BCUT2D eigenvalue weighted by molar-refractivity contribution is -0.121. The third-order valence-corrected chi connectivity index (χ3v) is 7.40. The fraction of sp³-hybridized carbons (Fsp3) is 0.207. The van der Waals surface area contributed by atoms with Gasteiger partial charge in [0.15, 0.2) is 0 Å². The van der Waals surface area contributed by atoms with Crippen molar-refractivity contribution < 1.29 is 14.0 Å². The third kappa shape index (κ3) is 4.53. The van der Waals surface area contributed by atoms with E-state index in [1.165, 1.54) is 12.1 Å². The smallest absolute Gasteiger partial charge is 0.251 e. The quantitative estimate of drug-likeness (QED) is 0.353. The standard InChI is InChI=1S/C29H27FN4O2S/c1-4-33-28-24(18(2)32-34(28)22-10-6-5-7-11-22)25(19-13-15-21(30)16-14-19)26(29(33)36)31-27(35)20-9-8-12-23(17-20)37-3/h5-17,25-26H,4H2,1-3H3,(H,31,35)/t25-,26?/m0/s1. The Morgan fingerprint density at radius 2 is 1.78 bits per heavy atom. The molecule has 0 saturated carbocycles. The predicted octanol–water partition coefficient (Wildman–Crippen LogP) is 5.34. The van der Waals surface area contributed by atoms with E-state index in [1.807, 2.05) is 68.6 Å². The lowest BCUT2D eigenvalue weighted by atomic mass is 9.81. The molecule has 1 aliphatic rings. The van der Waals surface area contributed by atoms with Crippen molar-refractivity contribution in [3.8, 4) is 5.69 Å². The van der Waals surface area contributed by atoms with Crippen molar-refractivity contribution in [1.29, 1.82) is 0 Å². The Labute approximate surface area is 219 Å². The Balaban J connectivity index is 1.67. The number of benzene rings is 3. The average Bonchev–Trinajstić information content (AvgIpc) is 3.26. The number of amides is 2. The van der Waals surface area contributed by atoms with Gasteiger partial charge in [-0.3, -0.25) is 14.5 Å². The van der Waals surface area contributed by atoms with Crippen molar-refractivity contribution >= 4 is 29.4 Å².